The number of benzene rings is 5. The number of fused-ring (bicyclic) bond motifs is 3. The minimum atomic E-state index is -2.20. The largest absolute Gasteiger partial charge is 0.491 e. The van der Waals surface area contributed by atoms with Crippen molar-refractivity contribution in [3.8, 4) is 17.6 Å². The maximum atomic E-state index is 16.0. The lowest BCUT2D eigenvalue weighted by Crippen LogP contribution is -2.53. The summed E-state index contributed by atoms with van der Waals surface area (Å²) in [5.74, 6) is 1.76. The second-order valence-corrected chi connectivity index (χ2v) is 16.3. The summed E-state index contributed by atoms with van der Waals surface area (Å²) in [7, 11) is 0. The predicted molar refractivity (Wildman–Crippen MR) is 235 cm³/mol. The number of carboxylic acid groups (broad SMARTS) is 1. The van der Waals surface area contributed by atoms with E-state index in [0.717, 1.165) is 36.2 Å². The molecule has 14 nitrogen and oxygen atoms in total. The Hall–Kier alpha value is -7.60. The number of amides is 2. The van der Waals surface area contributed by atoms with E-state index in [-0.39, 0.29) is 36.8 Å². The van der Waals surface area contributed by atoms with E-state index in [4.69, 9.17) is 14.2 Å². The average Bonchev–Trinajstić information content (AvgIpc) is 3.79. The van der Waals surface area contributed by atoms with E-state index in [1.165, 1.54) is 24.3 Å². The van der Waals surface area contributed by atoms with Gasteiger partial charge < -0.3 is 24.4 Å². The molecule has 6 unspecified atom stereocenters. The van der Waals surface area contributed by atoms with Crippen LogP contribution in [0.1, 0.15) is 77.3 Å². The molecule has 328 valence electrons. The molecule has 2 fully saturated rings. The molecule has 0 aromatic heterocycles. The lowest BCUT2D eigenvalue weighted by atomic mass is 9.65. The van der Waals surface area contributed by atoms with Crippen molar-refractivity contribution in [2.75, 3.05) is 18.1 Å². The number of aliphatic carboxylic acids is 1. The van der Waals surface area contributed by atoms with E-state index < -0.39 is 64.4 Å². The molecule has 5 aromatic carbocycles. The number of cyclic esters (lactones) is 1. The van der Waals surface area contributed by atoms with Crippen LogP contribution in [0.25, 0.3) is 0 Å². The number of carbonyl (C=O) groups excluding carboxylic acids is 3. The highest BCUT2D eigenvalue weighted by Gasteiger charge is 2.76. The highest BCUT2D eigenvalue weighted by molar-refractivity contribution is 6.23. The van der Waals surface area contributed by atoms with Crippen LogP contribution in [0.2, 0.25) is 0 Å². The zero-order valence-corrected chi connectivity index (χ0v) is 34.9. The molecule has 1 aliphatic carbocycles. The number of aliphatic hydroxyl groups is 1. The van der Waals surface area contributed by atoms with Crippen LogP contribution in [0.5, 0.6) is 5.75 Å². The number of carboxylic acids is 1. The number of morpholine rings is 1. The van der Waals surface area contributed by atoms with E-state index >= 15 is 4.79 Å². The fourth-order valence-electron chi connectivity index (χ4n) is 9.88. The fraction of sp³-hybridized carbons (Fsp3) is 0.255. The molecular weight excluding hydrogens is 831 g/mol. The number of imide groups is 1. The van der Waals surface area contributed by atoms with Crippen molar-refractivity contribution in [2.24, 2.45) is 5.92 Å². The Morgan fingerprint density at radius 3 is 2.20 bits per heavy atom. The van der Waals surface area contributed by atoms with Crippen molar-refractivity contribution in [1.82, 2.24) is 4.90 Å². The summed E-state index contributed by atoms with van der Waals surface area (Å²) in [6.45, 7) is -0.611. The number of nitro groups is 1. The summed E-state index contributed by atoms with van der Waals surface area (Å²) in [4.78, 5) is 73.1. The lowest BCUT2D eigenvalue weighted by molar-refractivity contribution is -0.384. The highest BCUT2D eigenvalue weighted by Crippen LogP contribution is 2.66. The zero-order chi connectivity index (χ0) is 45.2. The van der Waals surface area contributed by atoms with Crippen molar-refractivity contribution in [3.63, 3.8) is 0 Å². The van der Waals surface area contributed by atoms with Crippen LogP contribution in [-0.4, -0.2) is 63.2 Å². The van der Waals surface area contributed by atoms with Gasteiger partial charge in [-0.15, -0.1) is 0 Å². The maximum Gasteiger partial charge on any atom is 0.421 e. The van der Waals surface area contributed by atoms with Crippen LogP contribution in [0.15, 0.2) is 139 Å². The molecule has 14 heteroatoms. The van der Waals surface area contributed by atoms with Gasteiger partial charge in [0, 0.05) is 17.7 Å². The minimum Gasteiger partial charge on any atom is -0.491 e. The number of rotatable bonds is 10. The van der Waals surface area contributed by atoms with E-state index in [1.807, 2.05) is 60.7 Å². The van der Waals surface area contributed by atoms with Crippen molar-refractivity contribution in [3.05, 3.63) is 183 Å². The number of esters is 1. The van der Waals surface area contributed by atoms with Gasteiger partial charge in [0.2, 0.25) is 5.91 Å². The maximum absolute atomic E-state index is 16.0. The summed E-state index contributed by atoms with van der Waals surface area (Å²) < 4.78 is 17.8. The van der Waals surface area contributed by atoms with E-state index in [9.17, 15) is 34.7 Å². The molecule has 3 heterocycles. The number of nitrogens with zero attached hydrogens (tertiary/aromatic N) is 3. The number of hydrogen-bond acceptors (Lipinski definition) is 11. The van der Waals surface area contributed by atoms with E-state index in [1.54, 1.807) is 47.4 Å². The van der Waals surface area contributed by atoms with Gasteiger partial charge in [0.1, 0.15) is 42.4 Å². The zero-order valence-electron chi connectivity index (χ0n) is 34.9. The van der Waals surface area contributed by atoms with Gasteiger partial charge in [0.15, 0.2) is 0 Å². The molecule has 4 aliphatic rings. The number of hydrogen-bond donors (Lipinski definition) is 2. The quantitative estimate of drug-likeness (QED) is 0.0599. The molecule has 0 saturated carbocycles. The Kier molecular flexibility index (Phi) is 11.7. The Labute approximate surface area is 373 Å². The molecule has 3 aliphatic heterocycles. The van der Waals surface area contributed by atoms with Crippen LogP contribution in [-0.2, 0) is 35.9 Å². The number of allylic oxidation sites excluding steroid dienone is 2. The van der Waals surface area contributed by atoms with Gasteiger partial charge in [-0.1, -0.05) is 90.7 Å². The van der Waals surface area contributed by atoms with Crippen molar-refractivity contribution in [2.45, 2.75) is 61.9 Å². The van der Waals surface area contributed by atoms with Gasteiger partial charge in [-0.25, -0.2) is 9.69 Å². The molecule has 9 rings (SSSR count). The van der Waals surface area contributed by atoms with Gasteiger partial charge in [0.05, 0.1) is 29.3 Å². The fourth-order valence-corrected chi connectivity index (χ4v) is 9.88. The molecule has 2 saturated heterocycles. The molecule has 2 amide bonds. The van der Waals surface area contributed by atoms with Gasteiger partial charge in [-0.2, -0.15) is 0 Å². The standard InChI is InChI=1S/C51H43N3O11/c55-28-29-63-39-25-21-37(22-26-39)46-51(42(47(56)57)44-48(58)65-45(36-14-8-3-9-15-36)43(53(44)46)35-12-6-2-7-13-35)40-30-33(17-16-32-10-4-1-5-11-32)20-27-41(40)52(49(51)59)50(60)64-31-34-18-23-38(24-19-34)54(61)62/h2-3,6-10,12-15,18-27,30,42-46,55H,1,4-5,11,28-29,31H2,(H,56,57). The lowest BCUT2D eigenvalue weighted by Gasteiger charge is -2.46. The van der Waals surface area contributed by atoms with Gasteiger partial charge >= 0.3 is 18.0 Å². The van der Waals surface area contributed by atoms with Crippen molar-refractivity contribution >= 4 is 35.3 Å². The number of non-ortho nitro benzene ring substituents is 1. The summed E-state index contributed by atoms with van der Waals surface area (Å²) in [6, 6.07) is 31.6. The monoisotopic (exact) mass is 873 g/mol. The van der Waals surface area contributed by atoms with Crippen LogP contribution in [0.4, 0.5) is 16.2 Å². The smallest absolute Gasteiger partial charge is 0.421 e. The molecule has 0 bridgehead atoms. The highest BCUT2D eigenvalue weighted by atomic mass is 16.6. The van der Waals surface area contributed by atoms with Crippen LogP contribution in [0.3, 0.4) is 0 Å². The summed E-state index contributed by atoms with van der Waals surface area (Å²) in [5.41, 5.74) is 1.40. The SMILES string of the molecule is O=C1OC(c2ccccc2)C(c2ccccc2)N2C1C(C(=O)O)C1(C(=O)N(C(=O)OCc3ccc([N+](=O)[O-])cc3)c3ccc(C#CC4=CCCCC4)cc31)C2c1ccc(OCCO)cc1. The number of anilines is 1. The average molecular weight is 874 g/mol. The molecular formula is C51H43N3O11. The first-order valence-corrected chi connectivity index (χ1v) is 21.4. The molecule has 1 spiro atoms. The third-order valence-corrected chi connectivity index (χ3v) is 12.6. The summed E-state index contributed by atoms with van der Waals surface area (Å²) in [5, 5.41) is 32.4. The Bertz CT molecular complexity index is 2750. The third-order valence-electron chi connectivity index (χ3n) is 12.6. The topological polar surface area (TPSA) is 186 Å². The predicted octanol–water partition coefficient (Wildman–Crippen LogP) is 7.90. The first-order chi connectivity index (χ1) is 31.6. The number of nitro benzene ring substituents is 1. The molecule has 65 heavy (non-hydrogen) atoms. The Morgan fingerprint density at radius 1 is 0.846 bits per heavy atom. The van der Waals surface area contributed by atoms with Crippen molar-refractivity contribution in [1.29, 1.82) is 0 Å². The first kappa shape index (κ1) is 42.7. The molecule has 2 N–H and O–H groups in total. The van der Waals surface area contributed by atoms with E-state index in [2.05, 4.69) is 17.9 Å². The minimum absolute atomic E-state index is 0.00615. The van der Waals surface area contributed by atoms with Crippen LogP contribution < -0.4 is 9.64 Å². The van der Waals surface area contributed by atoms with Gasteiger partial charge in [0.25, 0.3) is 5.69 Å². The number of aliphatic hydroxyl groups excluding tert-OH is 1. The summed E-state index contributed by atoms with van der Waals surface area (Å²) >= 11 is 0. The first-order valence-electron chi connectivity index (χ1n) is 21.4. The summed E-state index contributed by atoms with van der Waals surface area (Å²) in [6.07, 6.45) is 3.75. The van der Waals surface area contributed by atoms with E-state index in [0.29, 0.717) is 33.6 Å². The number of carbonyl (C=O) groups is 4. The van der Waals surface area contributed by atoms with Crippen molar-refractivity contribution < 1.29 is 48.5 Å². The second-order valence-electron chi connectivity index (χ2n) is 16.3. The molecule has 6 atom stereocenters. The van der Waals surface area contributed by atoms with Gasteiger partial charge in [-0.05, 0) is 102 Å². The second kappa shape index (κ2) is 17.9. The Morgan fingerprint density at radius 2 is 1.55 bits per heavy atom. The normalized spacial score (nSPS) is 23.4. The van der Waals surface area contributed by atoms with Gasteiger partial charge in [-0.3, -0.25) is 29.4 Å². The number of ether oxygens (including phenoxy) is 3. The van der Waals surface area contributed by atoms with Crippen LogP contribution >= 0.6 is 0 Å². The Balaban J connectivity index is 1.27. The molecule has 5 aromatic rings. The molecule has 0 radical (unpaired) electrons. The van der Waals surface area contributed by atoms with Crippen LogP contribution in [0, 0.1) is 27.9 Å². The third kappa shape index (κ3) is 7.68.